The van der Waals surface area contributed by atoms with Crippen LogP contribution in [0.1, 0.15) is 18.1 Å². The second-order valence-electron chi connectivity index (χ2n) is 3.36. The molecule has 2 N–H and O–H groups in total. The molecule has 3 nitrogen and oxygen atoms in total. The van der Waals surface area contributed by atoms with Crippen LogP contribution in [0.15, 0.2) is 30.3 Å². The molecule has 0 aliphatic heterocycles. The third-order valence-electron chi connectivity index (χ3n) is 1.87. The second kappa shape index (κ2) is 5.10. The molecule has 15 heavy (non-hydrogen) atoms. The van der Waals surface area contributed by atoms with Crippen molar-refractivity contribution in [3.05, 3.63) is 41.5 Å². The number of Topliss-reactive ketones (excluding diaryl/α,β-unsaturated/α-hetero) is 1. The van der Waals surface area contributed by atoms with Gasteiger partial charge in [0.25, 0.3) is 0 Å². The van der Waals surface area contributed by atoms with E-state index in [4.69, 9.17) is 5.73 Å². The summed E-state index contributed by atoms with van der Waals surface area (Å²) in [4.78, 5) is 21.3. The van der Waals surface area contributed by atoms with E-state index in [0.717, 1.165) is 11.1 Å². The zero-order valence-corrected chi connectivity index (χ0v) is 8.57. The Morgan fingerprint density at radius 1 is 1.27 bits per heavy atom. The van der Waals surface area contributed by atoms with Gasteiger partial charge in [-0.1, -0.05) is 24.3 Å². The molecule has 0 aliphatic carbocycles. The SMILES string of the molecule is CC(=O)Cc1ccc(/C=C/C(N)=O)cc1. The minimum Gasteiger partial charge on any atom is -0.366 e. The van der Waals surface area contributed by atoms with Gasteiger partial charge in [-0.15, -0.1) is 0 Å². The molecule has 1 amide bonds. The molecule has 1 aromatic carbocycles. The summed E-state index contributed by atoms with van der Waals surface area (Å²) in [5, 5.41) is 0. The van der Waals surface area contributed by atoms with Crippen LogP contribution in [0.3, 0.4) is 0 Å². The Morgan fingerprint density at radius 2 is 1.87 bits per heavy atom. The molecule has 78 valence electrons. The van der Waals surface area contributed by atoms with Crippen LogP contribution in [0.25, 0.3) is 6.08 Å². The molecule has 0 heterocycles. The van der Waals surface area contributed by atoms with Crippen LogP contribution in [0.2, 0.25) is 0 Å². The van der Waals surface area contributed by atoms with Gasteiger partial charge in [0.05, 0.1) is 0 Å². The minimum absolute atomic E-state index is 0.135. The van der Waals surface area contributed by atoms with Crippen molar-refractivity contribution in [2.75, 3.05) is 0 Å². The Hall–Kier alpha value is -1.90. The van der Waals surface area contributed by atoms with Crippen molar-refractivity contribution < 1.29 is 9.59 Å². The molecule has 0 aromatic heterocycles. The minimum atomic E-state index is -0.470. The number of carbonyl (C=O) groups excluding carboxylic acids is 2. The van der Waals surface area contributed by atoms with Gasteiger partial charge in [-0.05, 0) is 24.1 Å². The highest BCUT2D eigenvalue weighted by atomic mass is 16.1. The van der Waals surface area contributed by atoms with E-state index >= 15 is 0 Å². The van der Waals surface area contributed by atoms with Gasteiger partial charge in [0.2, 0.25) is 5.91 Å². The van der Waals surface area contributed by atoms with Gasteiger partial charge in [0, 0.05) is 12.5 Å². The van der Waals surface area contributed by atoms with Crippen LogP contribution in [0.5, 0.6) is 0 Å². The van der Waals surface area contributed by atoms with E-state index in [9.17, 15) is 9.59 Å². The number of ketones is 1. The van der Waals surface area contributed by atoms with Gasteiger partial charge in [-0.25, -0.2) is 0 Å². The first kappa shape index (κ1) is 11.2. The molecule has 3 heteroatoms. The van der Waals surface area contributed by atoms with Crippen LogP contribution < -0.4 is 5.73 Å². The Labute approximate surface area is 88.6 Å². The highest BCUT2D eigenvalue weighted by Gasteiger charge is 1.96. The number of carbonyl (C=O) groups is 2. The van der Waals surface area contributed by atoms with E-state index in [1.165, 1.54) is 6.08 Å². The third kappa shape index (κ3) is 4.22. The maximum Gasteiger partial charge on any atom is 0.241 e. The number of hydrogen-bond donors (Lipinski definition) is 1. The Bertz CT molecular complexity index is 391. The fourth-order valence-electron chi connectivity index (χ4n) is 1.21. The van der Waals surface area contributed by atoms with E-state index in [0.29, 0.717) is 6.42 Å². The van der Waals surface area contributed by atoms with Crippen molar-refractivity contribution in [2.24, 2.45) is 5.73 Å². The topological polar surface area (TPSA) is 60.2 Å². The van der Waals surface area contributed by atoms with Gasteiger partial charge >= 0.3 is 0 Å². The average Bonchev–Trinajstić information content (AvgIpc) is 2.16. The summed E-state index contributed by atoms with van der Waals surface area (Å²) >= 11 is 0. The lowest BCUT2D eigenvalue weighted by Gasteiger charge is -1.98. The lowest BCUT2D eigenvalue weighted by atomic mass is 10.1. The van der Waals surface area contributed by atoms with Crippen molar-refractivity contribution >= 4 is 17.8 Å². The van der Waals surface area contributed by atoms with E-state index in [-0.39, 0.29) is 5.78 Å². The van der Waals surface area contributed by atoms with Gasteiger partial charge < -0.3 is 5.73 Å². The standard InChI is InChI=1S/C12H13NO2/c1-9(14)8-11-4-2-10(3-5-11)6-7-12(13)15/h2-7H,8H2,1H3,(H2,13,15)/b7-6+. The molecule has 0 atom stereocenters. The van der Waals surface area contributed by atoms with Crippen molar-refractivity contribution in [3.63, 3.8) is 0 Å². The number of rotatable bonds is 4. The predicted octanol–water partition coefficient (Wildman–Crippen LogP) is 1.32. The maximum atomic E-state index is 10.8. The molecule has 0 saturated heterocycles. The highest BCUT2D eigenvalue weighted by molar-refractivity contribution is 5.90. The number of nitrogens with two attached hydrogens (primary N) is 1. The predicted molar refractivity (Wildman–Crippen MR) is 59.1 cm³/mol. The van der Waals surface area contributed by atoms with Gasteiger partial charge in [0.15, 0.2) is 0 Å². The highest BCUT2D eigenvalue weighted by Crippen LogP contribution is 2.07. The van der Waals surface area contributed by atoms with Crippen molar-refractivity contribution in [1.29, 1.82) is 0 Å². The molecule has 1 aromatic rings. The molecule has 0 bridgehead atoms. The average molecular weight is 203 g/mol. The summed E-state index contributed by atoms with van der Waals surface area (Å²) in [6.45, 7) is 1.56. The summed E-state index contributed by atoms with van der Waals surface area (Å²) in [5.41, 5.74) is 6.83. The number of benzene rings is 1. The number of amides is 1. The van der Waals surface area contributed by atoms with E-state index in [1.807, 2.05) is 24.3 Å². The molecule has 0 saturated carbocycles. The van der Waals surface area contributed by atoms with E-state index < -0.39 is 5.91 Å². The van der Waals surface area contributed by atoms with E-state index in [2.05, 4.69) is 0 Å². The van der Waals surface area contributed by atoms with E-state index in [1.54, 1.807) is 13.0 Å². The zero-order chi connectivity index (χ0) is 11.3. The van der Waals surface area contributed by atoms with Crippen molar-refractivity contribution in [2.45, 2.75) is 13.3 Å². The molecule has 1 rings (SSSR count). The van der Waals surface area contributed by atoms with Crippen LogP contribution in [-0.2, 0) is 16.0 Å². The summed E-state index contributed by atoms with van der Waals surface area (Å²) < 4.78 is 0. The quantitative estimate of drug-likeness (QED) is 0.750. The van der Waals surface area contributed by atoms with Crippen LogP contribution in [0, 0.1) is 0 Å². The Balaban J connectivity index is 2.72. The summed E-state index contributed by atoms with van der Waals surface area (Å²) in [6.07, 6.45) is 3.39. The fraction of sp³-hybridized carbons (Fsp3) is 0.167. The fourth-order valence-corrected chi connectivity index (χ4v) is 1.21. The molecule has 0 spiro atoms. The van der Waals surface area contributed by atoms with Crippen molar-refractivity contribution in [3.8, 4) is 0 Å². The monoisotopic (exact) mass is 203 g/mol. The zero-order valence-electron chi connectivity index (χ0n) is 8.57. The number of primary amides is 1. The van der Waals surface area contributed by atoms with Crippen LogP contribution in [0.4, 0.5) is 0 Å². The smallest absolute Gasteiger partial charge is 0.241 e. The largest absolute Gasteiger partial charge is 0.366 e. The molecular weight excluding hydrogens is 190 g/mol. The summed E-state index contributed by atoms with van der Waals surface area (Å²) in [7, 11) is 0. The molecule has 0 radical (unpaired) electrons. The third-order valence-corrected chi connectivity index (χ3v) is 1.87. The number of hydrogen-bond acceptors (Lipinski definition) is 2. The Morgan fingerprint density at radius 3 is 2.33 bits per heavy atom. The lowest BCUT2D eigenvalue weighted by Crippen LogP contribution is -2.05. The van der Waals surface area contributed by atoms with Gasteiger partial charge in [-0.2, -0.15) is 0 Å². The summed E-state index contributed by atoms with van der Waals surface area (Å²) in [5.74, 6) is -0.335. The summed E-state index contributed by atoms with van der Waals surface area (Å²) in [6, 6.07) is 7.42. The molecule has 0 unspecified atom stereocenters. The first-order chi connectivity index (χ1) is 7.08. The van der Waals surface area contributed by atoms with Crippen molar-refractivity contribution in [1.82, 2.24) is 0 Å². The van der Waals surface area contributed by atoms with Crippen LogP contribution in [-0.4, -0.2) is 11.7 Å². The second-order valence-corrected chi connectivity index (χ2v) is 3.36. The first-order valence-corrected chi connectivity index (χ1v) is 4.64. The van der Waals surface area contributed by atoms with Crippen LogP contribution >= 0.6 is 0 Å². The molecular formula is C12H13NO2. The lowest BCUT2D eigenvalue weighted by molar-refractivity contribution is -0.116. The van der Waals surface area contributed by atoms with Gasteiger partial charge in [-0.3, -0.25) is 9.59 Å². The van der Waals surface area contributed by atoms with Gasteiger partial charge in [0.1, 0.15) is 5.78 Å². The molecule has 0 aliphatic rings. The maximum absolute atomic E-state index is 10.8. The normalized spacial score (nSPS) is 10.5. The molecule has 0 fully saturated rings. The Kier molecular flexibility index (Phi) is 3.80. The first-order valence-electron chi connectivity index (χ1n) is 4.64.